The number of hydrogen-bond donors (Lipinski definition) is 1. The second-order valence-corrected chi connectivity index (χ2v) is 6.03. The Balaban J connectivity index is 2.38. The van der Waals surface area contributed by atoms with E-state index >= 15 is 0 Å². The third-order valence-electron chi connectivity index (χ3n) is 3.26. The first-order valence-corrected chi connectivity index (χ1v) is 7.20. The van der Waals surface area contributed by atoms with Gasteiger partial charge in [0.15, 0.2) is 0 Å². The van der Waals surface area contributed by atoms with Crippen molar-refractivity contribution in [2.24, 2.45) is 5.92 Å². The number of hydrogen-bond acceptors (Lipinski definition) is 4. The summed E-state index contributed by atoms with van der Waals surface area (Å²) in [6.07, 6.45) is 0. The maximum absolute atomic E-state index is 12.4. The average Bonchev–Trinajstić information content (AvgIpc) is 2.77. The van der Waals surface area contributed by atoms with Crippen molar-refractivity contribution in [2.75, 3.05) is 19.3 Å². The minimum absolute atomic E-state index is 0.120. The standard InChI is InChI=1S/C15H17N3OS/c1-9(7-16)8-18(3)15(19)14-12(17)11-6-4-5-10(2)13(11)20-14/h4-6,9H,8,17H2,1-3H3. The lowest BCUT2D eigenvalue weighted by Gasteiger charge is -2.17. The molecular formula is C15H17N3OS. The van der Waals surface area contributed by atoms with Gasteiger partial charge in [-0.3, -0.25) is 4.79 Å². The van der Waals surface area contributed by atoms with Gasteiger partial charge >= 0.3 is 0 Å². The summed E-state index contributed by atoms with van der Waals surface area (Å²) in [4.78, 5) is 14.6. The fraction of sp³-hybridized carbons (Fsp3) is 0.333. The quantitative estimate of drug-likeness (QED) is 0.943. The van der Waals surface area contributed by atoms with Crippen LogP contribution in [0.25, 0.3) is 10.1 Å². The normalized spacial score (nSPS) is 12.1. The number of nitrogens with two attached hydrogens (primary N) is 1. The van der Waals surface area contributed by atoms with Crippen LogP contribution in [-0.2, 0) is 0 Å². The van der Waals surface area contributed by atoms with E-state index in [4.69, 9.17) is 11.0 Å². The van der Waals surface area contributed by atoms with Crippen LogP contribution in [0.2, 0.25) is 0 Å². The summed E-state index contributed by atoms with van der Waals surface area (Å²) in [6.45, 7) is 4.21. The Morgan fingerprint density at radius 1 is 1.55 bits per heavy atom. The summed E-state index contributed by atoms with van der Waals surface area (Å²) in [5.74, 6) is -0.313. The van der Waals surface area contributed by atoms with Crippen molar-refractivity contribution in [3.8, 4) is 6.07 Å². The number of rotatable bonds is 3. The van der Waals surface area contributed by atoms with E-state index in [1.165, 1.54) is 11.3 Å². The number of fused-ring (bicyclic) bond motifs is 1. The summed E-state index contributed by atoms with van der Waals surface area (Å²) in [7, 11) is 1.70. The van der Waals surface area contributed by atoms with Gasteiger partial charge in [-0.2, -0.15) is 5.26 Å². The number of benzene rings is 1. The molecule has 2 N–H and O–H groups in total. The molecule has 0 fully saturated rings. The summed E-state index contributed by atoms with van der Waals surface area (Å²) in [5.41, 5.74) is 7.76. The average molecular weight is 287 g/mol. The van der Waals surface area contributed by atoms with Crippen LogP contribution in [0.3, 0.4) is 0 Å². The number of thiophene rings is 1. The van der Waals surface area contributed by atoms with Crippen molar-refractivity contribution in [2.45, 2.75) is 13.8 Å². The molecule has 0 aliphatic rings. The first-order valence-electron chi connectivity index (χ1n) is 6.38. The van der Waals surface area contributed by atoms with E-state index in [9.17, 15) is 4.79 Å². The van der Waals surface area contributed by atoms with Gasteiger partial charge in [0.2, 0.25) is 0 Å². The molecular weight excluding hydrogens is 270 g/mol. The van der Waals surface area contributed by atoms with E-state index < -0.39 is 0 Å². The molecule has 2 rings (SSSR count). The molecule has 4 nitrogen and oxygen atoms in total. The number of aryl methyl sites for hydroxylation is 1. The Hall–Kier alpha value is -2.06. The van der Waals surface area contributed by atoms with Gasteiger partial charge in [0.05, 0.1) is 17.7 Å². The second kappa shape index (κ2) is 5.51. The summed E-state index contributed by atoms with van der Waals surface area (Å²) >= 11 is 1.42. The lowest BCUT2D eigenvalue weighted by Crippen LogP contribution is -2.30. The fourth-order valence-corrected chi connectivity index (χ4v) is 3.33. The molecule has 1 heterocycles. The predicted octanol–water partition coefficient (Wildman–Crippen LogP) is 3.02. The Labute approximate surface area is 122 Å². The van der Waals surface area contributed by atoms with Gasteiger partial charge in [-0.15, -0.1) is 11.3 Å². The number of nitrogens with zero attached hydrogens (tertiary/aromatic N) is 2. The van der Waals surface area contributed by atoms with Crippen LogP contribution in [0, 0.1) is 24.2 Å². The predicted molar refractivity (Wildman–Crippen MR) is 82.7 cm³/mol. The zero-order chi connectivity index (χ0) is 14.9. The lowest BCUT2D eigenvalue weighted by molar-refractivity contribution is 0.0791. The largest absolute Gasteiger partial charge is 0.397 e. The van der Waals surface area contributed by atoms with Crippen molar-refractivity contribution in [1.82, 2.24) is 4.90 Å². The van der Waals surface area contributed by atoms with Gasteiger partial charge in [0.1, 0.15) is 4.88 Å². The van der Waals surface area contributed by atoms with Gasteiger partial charge in [0.25, 0.3) is 5.91 Å². The number of anilines is 1. The van der Waals surface area contributed by atoms with Crippen molar-refractivity contribution in [3.05, 3.63) is 28.6 Å². The Morgan fingerprint density at radius 3 is 2.85 bits per heavy atom. The minimum Gasteiger partial charge on any atom is -0.397 e. The van der Waals surface area contributed by atoms with E-state index in [1.54, 1.807) is 18.9 Å². The van der Waals surface area contributed by atoms with E-state index in [-0.39, 0.29) is 11.8 Å². The van der Waals surface area contributed by atoms with Gasteiger partial charge < -0.3 is 10.6 Å². The molecule has 0 saturated carbocycles. The summed E-state index contributed by atoms with van der Waals surface area (Å²) in [5, 5.41) is 9.76. The summed E-state index contributed by atoms with van der Waals surface area (Å²) < 4.78 is 1.05. The lowest BCUT2D eigenvalue weighted by atomic mass is 10.1. The molecule has 1 amide bonds. The first kappa shape index (κ1) is 14.4. The highest BCUT2D eigenvalue weighted by molar-refractivity contribution is 7.21. The SMILES string of the molecule is Cc1cccc2c(N)c(C(=O)N(C)CC(C)C#N)sc12. The van der Waals surface area contributed by atoms with Crippen molar-refractivity contribution >= 4 is 33.0 Å². The molecule has 0 saturated heterocycles. The molecule has 1 aromatic heterocycles. The monoisotopic (exact) mass is 287 g/mol. The number of nitriles is 1. The molecule has 20 heavy (non-hydrogen) atoms. The Bertz CT molecular complexity index is 699. The molecule has 5 heteroatoms. The molecule has 0 bridgehead atoms. The van der Waals surface area contributed by atoms with Crippen LogP contribution >= 0.6 is 11.3 Å². The maximum atomic E-state index is 12.4. The summed E-state index contributed by atoms with van der Waals surface area (Å²) in [6, 6.07) is 8.01. The van der Waals surface area contributed by atoms with Crippen LogP contribution in [0.5, 0.6) is 0 Å². The van der Waals surface area contributed by atoms with Crippen LogP contribution in [0.4, 0.5) is 5.69 Å². The van der Waals surface area contributed by atoms with E-state index in [2.05, 4.69) is 6.07 Å². The number of carbonyl (C=O) groups excluding carboxylic acids is 1. The molecule has 104 valence electrons. The third-order valence-corrected chi connectivity index (χ3v) is 4.60. The number of carbonyl (C=O) groups is 1. The molecule has 0 aliphatic carbocycles. The zero-order valence-corrected chi connectivity index (χ0v) is 12.6. The van der Waals surface area contributed by atoms with Crippen LogP contribution in [-0.4, -0.2) is 24.4 Å². The fourth-order valence-electron chi connectivity index (χ4n) is 2.15. The van der Waals surface area contributed by atoms with Gasteiger partial charge in [-0.1, -0.05) is 18.2 Å². The van der Waals surface area contributed by atoms with Gasteiger partial charge in [-0.25, -0.2) is 0 Å². The molecule has 2 aromatic rings. The zero-order valence-electron chi connectivity index (χ0n) is 11.8. The molecule has 0 aliphatic heterocycles. The topological polar surface area (TPSA) is 70.1 Å². The molecule has 1 aromatic carbocycles. The van der Waals surface area contributed by atoms with Crippen molar-refractivity contribution < 1.29 is 4.79 Å². The maximum Gasteiger partial charge on any atom is 0.265 e. The Morgan fingerprint density at radius 2 is 2.25 bits per heavy atom. The second-order valence-electron chi connectivity index (χ2n) is 5.01. The highest BCUT2D eigenvalue weighted by Gasteiger charge is 2.21. The van der Waals surface area contributed by atoms with Crippen LogP contribution in [0.1, 0.15) is 22.2 Å². The van der Waals surface area contributed by atoms with E-state index in [1.807, 2.05) is 25.1 Å². The third kappa shape index (κ3) is 2.47. The van der Waals surface area contributed by atoms with Gasteiger partial charge in [-0.05, 0) is 19.4 Å². The van der Waals surface area contributed by atoms with E-state index in [0.717, 1.165) is 15.6 Å². The molecule has 0 radical (unpaired) electrons. The molecule has 0 spiro atoms. The van der Waals surface area contributed by atoms with Crippen molar-refractivity contribution in [3.63, 3.8) is 0 Å². The van der Waals surface area contributed by atoms with Gasteiger partial charge in [0, 0.05) is 23.7 Å². The molecule has 1 atom stereocenters. The van der Waals surface area contributed by atoms with Crippen molar-refractivity contribution in [1.29, 1.82) is 5.26 Å². The first-order chi connectivity index (χ1) is 9.45. The van der Waals surface area contributed by atoms with E-state index in [0.29, 0.717) is 17.1 Å². The number of nitrogen functional groups attached to an aromatic ring is 1. The highest BCUT2D eigenvalue weighted by Crippen LogP contribution is 2.36. The smallest absolute Gasteiger partial charge is 0.265 e. The minimum atomic E-state index is -0.193. The highest BCUT2D eigenvalue weighted by atomic mass is 32.1. The van der Waals surface area contributed by atoms with Crippen LogP contribution in [0.15, 0.2) is 18.2 Å². The number of amides is 1. The van der Waals surface area contributed by atoms with Crippen LogP contribution < -0.4 is 5.73 Å². The Kier molecular flexibility index (Phi) is 3.96. The molecule has 1 unspecified atom stereocenters.